The first kappa shape index (κ1) is 29.5. The minimum absolute atomic E-state index is 0.0272. The summed E-state index contributed by atoms with van der Waals surface area (Å²) in [6.07, 6.45) is -0.111. The average Bonchev–Trinajstić information content (AvgIpc) is 2.91. The molecule has 0 saturated carbocycles. The molecule has 14 heteroatoms. The fourth-order valence-electron chi connectivity index (χ4n) is 3.83. The van der Waals surface area contributed by atoms with Gasteiger partial charge in [0.2, 0.25) is 5.88 Å². The average molecular weight is 599 g/mol. The third-order valence-electron chi connectivity index (χ3n) is 5.61. The van der Waals surface area contributed by atoms with Gasteiger partial charge in [0.25, 0.3) is 0 Å². The van der Waals surface area contributed by atoms with E-state index in [-0.39, 0.29) is 34.5 Å². The van der Waals surface area contributed by atoms with E-state index in [1.54, 1.807) is 24.5 Å². The topological polar surface area (TPSA) is 116 Å². The minimum atomic E-state index is -4.87. The van der Waals surface area contributed by atoms with Crippen molar-refractivity contribution in [2.45, 2.75) is 25.7 Å². The number of carboxylic acid groups (broad SMARTS) is 1. The smallest absolute Gasteiger partial charge is 0.477 e. The number of rotatable bonds is 13. The molecule has 0 aliphatic rings. The Morgan fingerprint density at radius 2 is 1.82 bits per heavy atom. The summed E-state index contributed by atoms with van der Waals surface area (Å²) in [5.74, 6) is -1.39. The summed E-state index contributed by atoms with van der Waals surface area (Å²) in [5.41, 5.74) is 0.625. The number of unbranched alkanes of at least 4 members (excludes halogenated alkanes) is 1. The van der Waals surface area contributed by atoms with Gasteiger partial charge in [0.15, 0.2) is 11.3 Å². The number of fused-ring (bicyclic) bond motifs is 3. The molecule has 0 aliphatic carbocycles. The SMILES string of the molecule is O=C(O)c1ccc2c(n1)nc(OCCOCCCCNCc1cc(Cl)c(Cl)c(OC(F)(F)F)c1)c1ccncc12. The molecule has 0 saturated heterocycles. The van der Waals surface area contributed by atoms with Gasteiger partial charge in [-0.05, 0) is 55.3 Å². The summed E-state index contributed by atoms with van der Waals surface area (Å²) in [7, 11) is 0. The number of nitrogens with one attached hydrogen (secondary N) is 1. The summed E-state index contributed by atoms with van der Waals surface area (Å²) < 4.78 is 53.0. The summed E-state index contributed by atoms with van der Waals surface area (Å²) in [5, 5.41) is 14.2. The van der Waals surface area contributed by atoms with Crippen LogP contribution < -0.4 is 14.8 Å². The molecule has 40 heavy (non-hydrogen) atoms. The van der Waals surface area contributed by atoms with Crippen LogP contribution in [0.1, 0.15) is 28.9 Å². The number of carboxylic acids is 1. The lowest BCUT2D eigenvalue weighted by Gasteiger charge is -2.13. The molecule has 0 radical (unpaired) electrons. The number of carbonyl (C=O) groups is 1. The van der Waals surface area contributed by atoms with Crippen molar-refractivity contribution in [2.24, 2.45) is 0 Å². The van der Waals surface area contributed by atoms with E-state index in [2.05, 4.69) is 25.0 Å². The van der Waals surface area contributed by atoms with E-state index in [0.29, 0.717) is 36.6 Å². The van der Waals surface area contributed by atoms with Crippen LogP contribution in [0.15, 0.2) is 42.7 Å². The van der Waals surface area contributed by atoms with E-state index < -0.39 is 18.1 Å². The molecule has 4 aromatic rings. The maximum Gasteiger partial charge on any atom is 0.573 e. The molecule has 0 fully saturated rings. The number of pyridine rings is 3. The molecular weight excluding hydrogens is 576 g/mol. The number of halogens is 5. The summed E-state index contributed by atoms with van der Waals surface area (Å²) in [6, 6.07) is 7.50. The Morgan fingerprint density at radius 3 is 2.60 bits per heavy atom. The Labute approximate surface area is 236 Å². The van der Waals surface area contributed by atoms with Crippen LogP contribution in [0.4, 0.5) is 13.2 Å². The molecule has 1 aromatic carbocycles. The number of benzene rings is 1. The van der Waals surface area contributed by atoms with Crippen LogP contribution in [-0.2, 0) is 11.3 Å². The highest BCUT2D eigenvalue weighted by atomic mass is 35.5. The van der Waals surface area contributed by atoms with Gasteiger partial charge in [-0.1, -0.05) is 23.2 Å². The number of alkyl halides is 3. The van der Waals surface area contributed by atoms with E-state index in [1.807, 2.05) is 0 Å². The molecule has 3 aromatic heterocycles. The van der Waals surface area contributed by atoms with Crippen molar-refractivity contribution in [3.63, 3.8) is 0 Å². The van der Waals surface area contributed by atoms with Crippen molar-refractivity contribution in [3.05, 3.63) is 64.0 Å². The standard InChI is InChI=1S/C26H23Cl2F3N4O5/c27-19-11-15(12-21(22(19)28)40-26(29,30)31)13-32-6-1-2-8-38-9-10-39-24-17-5-7-33-14-18(17)16-3-4-20(25(36)37)34-23(16)35-24/h3-5,7,11-12,14,32H,1-2,6,8-10,13H2,(H,36,37). The number of ether oxygens (including phenoxy) is 3. The predicted octanol–water partition coefficient (Wildman–Crippen LogP) is 6.05. The van der Waals surface area contributed by atoms with Crippen LogP contribution in [0.5, 0.6) is 11.6 Å². The molecule has 212 valence electrons. The van der Waals surface area contributed by atoms with Gasteiger partial charge < -0.3 is 24.6 Å². The molecule has 0 aliphatic heterocycles. The second-order valence-electron chi connectivity index (χ2n) is 8.49. The molecule has 0 amide bonds. The maximum atomic E-state index is 12.5. The summed E-state index contributed by atoms with van der Waals surface area (Å²) >= 11 is 11.7. The highest BCUT2D eigenvalue weighted by Gasteiger charge is 2.32. The van der Waals surface area contributed by atoms with E-state index in [1.165, 1.54) is 18.2 Å². The van der Waals surface area contributed by atoms with Gasteiger partial charge >= 0.3 is 12.3 Å². The van der Waals surface area contributed by atoms with Crippen LogP contribution >= 0.6 is 23.2 Å². The highest BCUT2D eigenvalue weighted by molar-refractivity contribution is 6.43. The van der Waals surface area contributed by atoms with E-state index >= 15 is 0 Å². The maximum absolute atomic E-state index is 12.5. The zero-order chi connectivity index (χ0) is 28.7. The normalized spacial score (nSPS) is 11.7. The van der Waals surface area contributed by atoms with Crippen molar-refractivity contribution < 1.29 is 37.3 Å². The van der Waals surface area contributed by atoms with Crippen molar-refractivity contribution >= 4 is 51.0 Å². The van der Waals surface area contributed by atoms with E-state index in [0.717, 1.165) is 23.6 Å². The summed E-state index contributed by atoms with van der Waals surface area (Å²) in [6.45, 7) is 1.87. The van der Waals surface area contributed by atoms with Crippen molar-refractivity contribution in [3.8, 4) is 11.6 Å². The lowest BCUT2D eigenvalue weighted by atomic mass is 10.1. The summed E-state index contributed by atoms with van der Waals surface area (Å²) in [4.78, 5) is 23.9. The third kappa shape index (κ3) is 7.81. The molecule has 2 N–H and O–H groups in total. The fourth-order valence-corrected chi connectivity index (χ4v) is 4.21. The number of aromatic nitrogens is 3. The van der Waals surface area contributed by atoms with Gasteiger partial charge in [-0.25, -0.2) is 9.78 Å². The Balaban J connectivity index is 1.19. The van der Waals surface area contributed by atoms with Crippen LogP contribution in [-0.4, -0.2) is 58.8 Å². The fraction of sp³-hybridized carbons (Fsp3) is 0.308. The molecule has 3 heterocycles. The van der Waals surface area contributed by atoms with Crippen LogP contribution in [0.25, 0.3) is 21.8 Å². The number of nitrogens with zero attached hydrogens (tertiary/aromatic N) is 3. The Kier molecular flexibility index (Phi) is 9.80. The predicted molar refractivity (Wildman–Crippen MR) is 142 cm³/mol. The lowest BCUT2D eigenvalue weighted by Crippen LogP contribution is -2.18. The quantitative estimate of drug-likeness (QED) is 0.140. The molecule has 9 nitrogen and oxygen atoms in total. The minimum Gasteiger partial charge on any atom is -0.477 e. The molecule has 4 rings (SSSR count). The van der Waals surface area contributed by atoms with Gasteiger partial charge in [0.1, 0.15) is 17.4 Å². The van der Waals surface area contributed by atoms with Gasteiger partial charge in [0.05, 0.1) is 11.6 Å². The number of hydrogen-bond acceptors (Lipinski definition) is 8. The molecule has 0 unspecified atom stereocenters. The largest absolute Gasteiger partial charge is 0.573 e. The first-order valence-electron chi connectivity index (χ1n) is 12.0. The second kappa shape index (κ2) is 13.3. The van der Waals surface area contributed by atoms with Crippen molar-refractivity contribution in [1.82, 2.24) is 20.3 Å². The lowest BCUT2D eigenvalue weighted by molar-refractivity contribution is -0.274. The second-order valence-corrected chi connectivity index (χ2v) is 9.28. The molecule has 0 atom stereocenters. The van der Waals surface area contributed by atoms with E-state index in [4.69, 9.17) is 32.7 Å². The van der Waals surface area contributed by atoms with Crippen LogP contribution in [0.2, 0.25) is 10.0 Å². The Hall–Kier alpha value is -3.45. The first-order valence-corrected chi connectivity index (χ1v) is 12.8. The number of hydrogen-bond donors (Lipinski definition) is 2. The highest BCUT2D eigenvalue weighted by Crippen LogP contribution is 2.36. The zero-order valence-electron chi connectivity index (χ0n) is 20.8. The van der Waals surface area contributed by atoms with Gasteiger partial charge in [-0.2, -0.15) is 4.98 Å². The van der Waals surface area contributed by atoms with Crippen molar-refractivity contribution in [1.29, 1.82) is 0 Å². The molecule has 0 bridgehead atoms. The monoisotopic (exact) mass is 598 g/mol. The Morgan fingerprint density at radius 1 is 1.00 bits per heavy atom. The number of aromatic carboxylic acids is 1. The molecular formula is C26H23Cl2F3N4O5. The van der Waals surface area contributed by atoms with Crippen molar-refractivity contribution in [2.75, 3.05) is 26.4 Å². The van der Waals surface area contributed by atoms with Crippen LogP contribution in [0, 0.1) is 0 Å². The van der Waals surface area contributed by atoms with E-state index in [9.17, 15) is 23.1 Å². The zero-order valence-corrected chi connectivity index (χ0v) is 22.3. The van der Waals surface area contributed by atoms with Crippen LogP contribution in [0.3, 0.4) is 0 Å². The van der Waals surface area contributed by atoms with Gasteiger partial charge in [-0.3, -0.25) is 4.98 Å². The van der Waals surface area contributed by atoms with Gasteiger partial charge in [-0.15, -0.1) is 13.2 Å². The first-order chi connectivity index (χ1) is 19.1. The van der Waals surface area contributed by atoms with Gasteiger partial charge in [0, 0.05) is 41.7 Å². The Bertz CT molecular complexity index is 1510. The molecule has 0 spiro atoms. The third-order valence-corrected chi connectivity index (χ3v) is 6.40.